The predicted molar refractivity (Wildman–Crippen MR) is 42.6 cm³/mol. The largest absolute Gasteiger partial charge is 0.311 e. The van der Waals surface area contributed by atoms with Crippen molar-refractivity contribution in [1.29, 1.82) is 0 Å². The highest BCUT2D eigenvalue weighted by atomic mass is 14.9. The average Bonchev–Trinajstić information content (AvgIpc) is 1.91. The van der Waals surface area contributed by atoms with Crippen LogP contribution in [0.3, 0.4) is 0 Å². The van der Waals surface area contributed by atoms with Crippen LogP contribution in [0.15, 0.2) is 12.7 Å². The first-order chi connectivity index (χ1) is 4.35. The molecule has 0 amide bonds. The van der Waals surface area contributed by atoms with Gasteiger partial charge in [-0.25, -0.2) is 0 Å². The summed E-state index contributed by atoms with van der Waals surface area (Å²) in [6, 6.07) is 0.683. The fraction of sp³-hybridized carbons (Fsp3) is 0.750. The van der Waals surface area contributed by atoms with Crippen molar-refractivity contribution in [2.45, 2.75) is 32.7 Å². The minimum atomic E-state index is 0.683. The maximum Gasteiger partial charge on any atom is 0.0134 e. The first-order valence-electron chi connectivity index (χ1n) is 3.69. The zero-order chi connectivity index (χ0) is 7.11. The van der Waals surface area contributed by atoms with Crippen LogP contribution in [-0.2, 0) is 0 Å². The van der Waals surface area contributed by atoms with Crippen LogP contribution in [0.1, 0.15) is 26.7 Å². The Morgan fingerprint density at radius 3 is 2.33 bits per heavy atom. The van der Waals surface area contributed by atoms with Crippen molar-refractivity contribution in [3.8, 4) is 0 Å². The maximum atomic E-state index is 3.64. The summed E-state index contributed by atoms with van der Waals surface area (Å²) < 4.78 is 0. The van der Waals surface area contributed by atoms with E-state index in [1.165, 1.54) is 12.8 Å². The minimum absolute atomic E-state index is 0.683. The van der Waals surface area contributed by atoms with Crippen molar-refractivity contribution in [1.82, 2.24) is 5.32 Å². The summed E-state index contributed by atoms with van der Waals surface area (Å²) in [4.78, 5) is 0. The molecule has 0 aromatic carbocycles. The van der Waals surface area contributed by atoms with Crippen molar-refractivity contribution in [2.24, 2.45) is 0 Å². The molecule has 1 heteroatoms. The lowest BCUT2D eigenvalue weighted by Gasteiger charge is -2.11. The quantitative estimate of drug-likeness (QED) is 0.557. The lowest BCUT2D eigenvalue weighted by atomic mass is 10.2. The molecule has 0 unspecified atom stereocenters. The fourth-order valence-electron chi connectivity index (χ4n) is 0.827. The van der Waals surface area contributed by atoms with Gasteiger partial charge in [0.25, 0.3) is 0 Å². The third kappa shape index (κ3) is 4.22. The third-order valence-electron chi connectivity index (χ3n) is 1.54. The average molecular weight is 127 g/mol. The lowest BCUT2D eigenvalue weighted by molar-refractivity contribution is 0.510. The van der Waals surface area contributed by atoms with E-state index in [1.807, 2.05) is 6.08 Å². The Hall–Kier alpha value is -0.300. The van der Waals surface area contributed by atoms with Crippen LogP contribution in [0.5, 0.6) is 0 Å². The zero-order valence-corrected chi connectivity index (χ0v) is 6.48. The molecule has 0 aromatic heterocycles. The SMILES string of the molecule is C=CCNC(CC)CC. The van der Waals surface area contributed by atoms with Gasteiger partial charge in [-0.2, -0.15) is 0 Å². The normalized spacial score (nSPS) is 10.1. The smallest absolute Gasteiger partial charge is 0.0134 e. The van der Waals surface area contributed by atoms with Gasteiger partial charge in [0.05, 0.1) is 0 Å². The molecule has 0 heterocycles. The molecular formula is C8H17N. The van der Waals surface area contributed by atoms with Crippen molar-refractivity contribution >= 4 is 0 Å². The Kier molecular flexibility index (Phi) is 5.64. The molecule has 9 heavy (non-hydrogen) atoms. The van der Waals surface area contributed by atoms with Crippen LogP contribution in [-0.4, -0.2) is 12.6 Å². The van der Waals surface area contributed by atoms with E-state index in [2.05, 4.69) is 25.7 Å². The number of hydrogen-bond donors (Lipinski definition) is 1. The molecule has 0 atom stereocenters. The molecule has 0 aromatic rings. The summed E-state index contributed by atoms with van der Waals surface area (Å²) in [6.45, 7) is 8.97. The number of rotatable bonds is 5. The Morgan fingerprint density at radius 1 is 1.44 bits per heavy atom. The van der Waals surface area contributed by atoms with E-state index >= 15 is 0 Å². The lowest BCUT2D eigenvalue weighted by Crippen LogP contribution is -2.27. The van der Waals surface area contributed by atoms with E-state index in [-0.39, 0.29) is 0 Å². The van der Waals surface area contributed by atoms with Gasteiger partial charge in [0.15, 0.2) is 0 Å². The van der Waals surface area contributed by atoms with E-state index in [0.29, 0.717) is 6.04 Å². The summed E-state index contributed by atoms with van der Waals surface area (Å²) in [7, 11) is 0. The number of hydrogen-bond acceptors (Lipinski definition) is 1. The van der Waals surface area contributed by atoms with Gasteiger partial charge in [0.2, 0.25) is 0 Å². The van der Waals surface area contributed by atoms with Gasteiger partial charge in [0, 0.05) is 12.6 Å². The summed E-state index contributed by atoms with van der Waals surface area (Å²) in [5.41, 5.74) is 0. The molecular weight excluding hydrogens is 110 g/mol. The zero-order valence-electron chi connectivity index (χ0n) is 6.48. The monoisotopic (exact) mass is 127 g/mol. The second-order valence-corrected chi connectivity index (χ2v) is 2.21. The van der Waals surface area contributed by atoms with E-state index in [9.17, 15) is 0 Å². The van der Waals surface area contributed by atoms with Crippen molar-refractivity contribution in [2.75, 3.05) is 6.54 Å². The molecule has 0 saturated heterocycles. The van der Waals surface area contributed by atoms with Gasteiger partial charge in [-0.15, -0.1) is 6.58 Å². The first-order valence-corrected chi connectivity index (χ1v) is 3.69. The standard InChI is InChI=1S/C8H17N/c1-4-7-9-8(5-2)6-3/h4,8-9H,1,5-7H2,2-3H3. The summed E-state index contributed by atoms with van der Waals surface area (Å²) in [6.07, 6.45) is 4.33. The van der Waals surface area contributed by atoms with E-state index in [4.69, 9.17) is 0 Å². The van der Waals surface area contributed by atoms with Gasteiger partial charge in [-0.05, 0) is 12.8 Å². The Balaban J connectivity index is 3.19. The van der Waals surface area contributed by atoms with Crippen molar-refractivity contribution < 1.29 is 0 Å². The highest BCUT2D eigenvalue weighted by Gasteiger charge is 1.97. The molecule has 0 spiro atoms. The van der Waals surface area contributed by atoms with E-state index < -0.39 is 0 Å². The van der Waals surface area contributed by atoms with Crippen molar-refractivity contribution in [3.63, 3.8) is 0 Å². The summed E-state index contributed by atoms with van der Waals surface area (Å²) in [5.74, 6) is 0. The molecule has 0 saturated carbocycles. The maximum absolute atomic E-state index is 3.64. The van der Waals surface area contributed by atoms with Gasteiger partial charge < -0.3 is 5.32 Å². The summed E-state index contributed by atoms with van der Waals surface area (Å²) in [5, 5.41) is 3.35. The van der Waals surface area contributed by atoms with Gasteiger partial charge in [0.1, 0.15) is 0 Å². The molecule has 0 aliphatic heterocycles. The van der Waals surface area contributed by atoms with Crippen LogP contribution in [0, 0.1) is 0 Å². The highest BCUT2D eigenvalue weighted by Crippen LogP contribution is 1.94. The third-order valence-corrected chi connectivity index (χ3v) is 1.54. The second kappa shape index (κ2) is 5.83. The molecule has 1 nitrogen and oxygen atoms in total. The molecule has 0 radical (unpaired) electrons. The molecule has 0 rings (SSSR count). The Labute approximate surface area is 58.2 Å². The first kappa shape index (κ1) is 8.70. The van der Waals surface area contributed by atoms with Crippen LogP contribution in [0.2, 0.25) is 0 Å². The van der Waals surface area contributed by atoms with Gasteiger partial charge in [-0.3, -0.25) is 0 Å². The molecule has 54 valence electrons. The van der Waals surface area contributed by atoms with Crippen LogP contribution >= 0.6 is 0 Å². The Bertz CT molecular complexity index is 65.0. The van der Waals surface area contributed by atoms with Crippen LogP contribution in [0.25, 0.3) is 0 Å². The van der Waals surface area contributed by atoms with E-state index in [0.717, 1.165) is 6.54 Å². The molecule has 0 aliphatic carbocycles. The summed E-state index contributed by atoms with van der Waals surface area (Å²) >= 11 is 0. The van der Waals surface area contributed by atoms with Gasteiger partial charge in [-0.1, -0.05) is 19.9 Å². The van der Waals surface area contributed by atoms with Crippen molar-refractivity contribution in [3.05, 3.63) is 12.7 Å². The minimum Gasteiger partial charge on any atom is -0.311 e. The molecule has 0 aliphatic rings. The molecule has 0 fully saturated rings. The van der Waals surface area contributed by atoms with Crippen LogP contribution < -0.4 is 5.32 Å². The van der Waals surface area contributed by atoms with Gasteiger partial charge >= 0.3 is 0 Å². The predicted octanol–water partition coefficient (Wildman–Crippen LogP) is 1.95. The fourth-order valence-corrected chi connectivity index (χ4v) is 0.827. The number of nitrogens with one attached hydrogen (secondary N) is 1. The topological polar surface area (TPSA) is 12.0 Å². The molecule has 1 N–H and O–H groups in total. The second-order valence-electron chi connectivity index (χ2n) is 2.21. The highest BCUT2D eigenvalue weighted by molar-refractivity contribution is 4.73. The molecule has 0 bridgehead atoms. The van der Waals surface area contributed by atoms with E-state index in [1.54, 1.807) is 0 Å². The van der Waals surface area contributed by atoms with Crippen LogP contribution in [0.4, 0.5) is 0 Å². The Morgan fingerprint density at radius 2 is 2.00 bits per heavy atom.